The summed E-state index contributed by atoms with van der Waals surface area (Å²) in [4.78, 5) is 0. The standard InChI is InChI=1S/C9H10.2CH3.Pd/c1-8(2)9-6-4-3-5-7-9;;;/h3-6,8H,1H2,2H3;2*1H3;/q-2;2*-1;. The van der Waals surface area contributed by atoms with Crippen LogP contribution >= 0.6 is 0 Å². The van der Waals surface area contributed by atoms with Gasteiger partial charge in [0.1, 0.15) is 0 Å². The zero-order valence-electron chi connectivity index (χ0n) is 7.91. The molecule has 0 aromatic heterocycles. The molecule has 12 heavy (non-hydrogen) atoms. The third-order valence-electron chi connectivity index (χ3n) is 1.26. The smallest absolute Gasteiger partial charge is 0 e. The minimum absolute atomic E-state index is 0. The van der Waals surface area contributed by atoms with Crippen LogP contribution in [0.4, 0.5) is 0 Å². The topological polar surface area (TPSA) is 0 Å². The maximum atomic E-state index is 3.88. The Labute approximate surface area is 91.0 Å². The Morgan fingerprint density at radius 1 is 1.33 bits per heavy atom. The average molecular weight is 255 g/mol. The van der Waals surface area contributed by atoms with Crippen molar-refractivity contribution >= 4 is 0 Å². The van der Waals surface area contributed by atoms with E-state index in [0.717, 1.165) is 0 Å². The van der Waals surface area contributed by atoms with Crippen molar-refractivity contribution in [3.05, 3.63) is 57.7 Å². The molecule has 1 aromatic carbocycles. The van der Waals surface area contributed by atoms with Crippen LogP contribution in [0, 0.1) is 27.8 Å². The molecule has 0 amide bonds. The van der Waals surface area contributed by atoms with Gasteiger partial charge in [0, 0.05) is 20.4 Å². The molecule has 0 aliphatic rings. The average Bonchev–Trinajstić information content (AvgIpc) is 1.90. The van der Waals surface area contributed by atoms with Gasteiger partial charge in [0.25, 0.3) is 0 Å². The summed E-state index contributed by atoms with van der Waals surface area (Å²) < 4.78 is 0. The van der Waals surface area contributed by atoms with Crippen molar-refractivity contribution in [3.63, 3.8) is 0 Å². The molecule has 0 radical (unpaired) electrons. The molecule has 0 bridgehead atoms. The summed E-state index contributed by atoms with van der Waals surface area (Å²) in [5.41, 5.74) is 1.18. The van der Waals surface area contributed by atoms with Crippen molar-refractivity contribution in [2.75, 3.05) is 0 Å². The Kier molecular flexibility index (Phi) is 13.3. The minimum atomic E-state index is 0. The molecule has 1 rings (SSSR count). The van der Waals surface area contributed by atoms with Gasteiger partial charge >= 0.3 is 0 Å². The Morgan fingerprint density at radius 3 is 2.17 bits per heavy atom. The summed E-state index contributed by atoms with van der Waals surface area (Å²) in [7, 11) is 0. The maximum Gasteiger partial charge on any atom is 0 e. The molecule has 0 saturated carbocycles. The van der Waals surface area contributed by atoms with E-state index in [-0.39, 0.29) is 35.3 Å². The molecule has 74 valence electrons. The van der Waals surface area contributed by atoms with Crippen LogP contribution in [0.3, 0.4) is 0 Å². The van der Waals surface area contributed by atoms with E-state index in [1.165, 1.54) is 5.56 Å². The summed E-state index contributed by atoms with van der Waals surface area (Å²) in [6, 6.07) is 11.0. The van der Waals surface area contributed by atoms with Gasteiger partial charge in [-0.2, -0.15) is 41.8 Å². The molecule has 0 N–H and O–H groups in total. The van der Waals surface area contributed by atoms with Gasteiger partial charge in [0.15, 0.2) is 0 Å². The van der Waals surface area contributed by atoms with Crippen LogP contribution in [0.1, 0.15) is 18.4 Å². The van der Waals surface area contributed by atoms with Crippen LogP contribution in [0.25, 0.3) is 0 Å². The first-order chi connectivity index (χ1) is 4.30. The van der Waals surface area contributed by atoms with Gasteiger partial charge in [-0.3, -0.25) is 0 Å². The van der Waals surface area contributed by atoms with Crippen molar-refractivity contribution in [2.45, 2.75) is 12.8 Å². The third kappa shape index (κ3) is 5.52. The van der Waals surface area contributed by atoms with Crippen LogP contribution in [-0.2, 0) is 20.4 Å². The van der Waals surface area contributed by atoms with Crippen LogP contribution in [0.2, 0.25) is 0 Å². The number of hydrogen-bond acceptors (Lipinski definition) is 0. The van der Waals surface area contributed by atoms with E-state index in [9.17, 15) is 0 Å². The fourth-order valence-electron chi connectivity index (χ4n) is 0.714. The summed E-state index contributed by atoms with van der Waals surface area (Å²) >= 11 is 0. The predicted molar refractivity (Wildman–Crippen MR) is 51.9 cm³/mol. The van der Waals surface area contributed by atoms with Crippen molar-refractivity contribution in [1.82, 2.24) is 0 Å². The predicted octanol–water partition coefficient (Wildman–Crippen LogP) is 3.32. The normalized spacial score (nSPS) is 9.83. The molecule has 1 heteroatoms. The molecule has 1 aromatic rings. The monoisotopic (exact) mass is 254 g/mol. The van der Waals surface area contributed by atoms with E-state index < -0.39 is 0 Å². The van der Waals surface area contributed by atoms with E-state index in [4.69, 9.17) is 0 Å². The number of hydrogen-bond donors (Lipinski definition) is 0. The Hall–Kier alpha value is -0.118. The molecular formula is C11H16Pd-4. The SMILES string of the molecule is [CH2-]C(C)c1[c-]cccc1.[CH3-].[CH3-].[Pd]. The van der Waals surface area contributed by atoms with E-state index in [1.54, 1.807) is 0 Å². The zero-order valence-corrected chi connectivity index (χ0v) is 9.46. The Balaban J connectivity index is -0.000000270. The van der Waals surface area contributed by atoms with Crippen LogP contribution in [-0.4, -0.2) is 0 Å². The molecule has 0 nitrogen and oxygen atoms in total. The van der Waals surface area contributed by atoms with Gasteiger partial charge in [-0.05, 0) is 0 Å². The number of rotatable bonds is 1. The molecule has 1 atom stereocenters. The second-order valence-electron chi connectivity index (χ2n) is 2.22. The van der Waals surface area contributed by atoms with Crippen LogP contribution < -0.4 is 0 Å². The summed E-state index contributed by atoms with van der Waals surface area (Å²) in [5.74, 6) is 0.353. The Morgan fingerprint density at radius 2 is 1.92 bits per heavy atom. The van der Waals surface area contributed by atoms with Crippen molar-refractivity contribution < 1.29 is 20.4 Å². The van der Waals surface area contributed by atoms with Gasteiger partial charge in [-0.25, -0.2) is 0 Å². The van der Waals surface area contributed by atoms with Gasteiger partial charge in [0.05, 0.1) is 0 Å². The molecule has 0 heterocycles. The molecule has 0 spiro atoms. The quantitative estimate of drug-likeness (QED) is 0.533. The largest absolute Gasteiger partial charge is 0.358 e. The second-order valence-corrected chi connectivity index (χ2v) is 2.22. The van der Waals surface area contributed by atoms with Crippen LogP contribution in [0.15, 0.2) is 24.3 Å². The first kappa shape index (κ1) is 17.8. The minimum Gasteiger partial charge on any atom is -0.358 e. The van der Waals surface area contributed by atoms with Gasteiger partial charge in [0.2, 0.25) is 0 Å². The second kappa shape index (κ2) is 8.97. The van der Waals surface area contributed by atoms with Crippen LogP contribution in [0.5, 0.6) is 0 Å². The van der Waals surface area contributed by atoms with Gasteiger partial charge < -0.3 is 21.8 Å². The van der Waals surface area contributed by atoms with E-state index in [2.05, 4.69) is 19.9 Å². The van der Waals surface area contributed by atoms with Crippen molar-refractivity contribution in [2.24, 2.45) is 0 Å². The van der Waals surface area contributed by atoms with E-state index >= 15 is 0 Å². The van der Waals surface area contributed by atoms with Gasteiger partial charge in [-0.1, -0.05) is 6.92 Å². The third-order valence-corrected chi connectivity index (χ3v) is 1.26. The molecule has 0 aliphatic heterocycles. The fraction of sp³-hybridized carbons (Fsp3) is 0.182. The summed E-state index contributed by atoms with van der Waals surface area (Å²) in [5, 5.41) is 0. The van der Waals surface area contributed by atoms with E-state index in [1.807, 2.05) is 24.3 Å². The molecule has 0 fully saturated rings. The fourth-order valence-corrected chi connectivity index (χ4v) is 0.714. The molecule has 1 unspecified atom stereocenters. The first-order valence-corrected chi connectivity index (χ1v) is 3.10. The number of benzene rings is 1. The summed E-state index contributed by atoms with van der Waals surface area (Å²) in [6.07, 6.45) is 0. The maximum absolute atomic E-state index is 3.88. The van der Waals surface area contributed by atoms with Crippen molar-refractivity contribution in [1.29, 1.82) is 0 Å². The molecule has 0 saturated heterocycles. The Bertz CT molecular complexity index is 168. The summed E-state index contributed by atoms with van der Waals surface area (Å²) in [6.45, 7) is 5.94. The first-order valence-electron chi connectivity index (χ1n) is 3.10. The van der Waals surface area contributed by atoms with Crippen molar-refractivity contribution in [3.8, 4) is 0 Å². The van der Waals surface area contributed by atoms with E-state index in [0.29, 0.717) is 5.92 Å². The zero-order chi connectivity index (χ0) is 6.69. The molecular weight excluding hydrogens is 239 g/mol. The molecule has 0 aliphatic carbocycles. The van der Waals surface area contributed by atoms with Gasteiger partial charge in [-0.15, -0.1) is 0 Å².